The standard InChI is InChI=1S/C10H17NO5/c1-10(2,3)16-9(14)11-7(8(12)13)6-4-15-5-6/h6-7H,4-5H2,1-3H3,(H,11,14)(H,12,13). The molecule has 1 amide bonds. The average Bonchev–Trinajstić information content (AvgIpc) is 1.95. The molecular weight excluding hydrogens is 214 g/mol. The van der Waals surface area contributed by atoms with Gasteiger partial charge < -0.3 is 19.9 Å². The van der Waals surface area contributed by atoms with Gasteiger partial charge in [-0.05, 0) is 20.8 Å². The SMILES string of the molecule is CC(C)(C)OC(=O)NC(C(=O)O)C1COC1. The van der Waals surface area contributed by atoms with E-state index in [0.717, 1.165) is 0 Å². The van der Waals surface area contributed by atoms with E-state index >= 15 is 0 Å². The van der Waals surface area contributed by atoms with Crippen molar-refractivity contribution < 1.29 is 24.2 Å². The molecule has 1 aliphatic heterocycles. The molecule has 1 saturated heterocycles. The monoisotopic (exact) mass is 231 g/mol. The van der Waals surface area contributed by atoms with Gasteiger partial charge in [0.05, 0.1) is 13.2 Å². The van der Waals surface area contributed by atoms with Crippen molar-refractivity contribution in [3.63, 3.8) is 0 Å². The van der Waals surface area contributed by atoms with E-state index in [0.29, 0.717) is 13.2 Å². The van der Waals surface area contributed by atoms with E-state index in [4.69, 9.17) is 14.6 Å². The van der Waals surface area contributed by atoms with E-state index in [2.05, 4.69) is 5.32 Å². The van der Waals surface area contributed by atoms with Crippen molar-refractivity contribution in [2.24, 2.45) is 5.92 Å². The molecule has 0 aromatic rings. The van der Waals surface area contributed by atoms with Gasteiger partial charge in [-0.2, -0.15) is 0 Å². The minimum absolute atomic E-state index is 0.176. The lowest BCUT2D eigenvalue weighted by Crippen LogP contribution is -2.53. The summed E-state index contributed by atoms with van der Waals surface area (Å²) in [6.45, 7) is 5.86. The number of hydrogen-bond donors (Lipinski definition) is 2. The van der Waals surface area contributed by atoms with E-state index in [1.54, 1.807) is 20.8 Å². The van der Waals surface area contributed by atoms with Crippen LogP contribution >= 0.6 is 0 Å². The van der Waals surface area contributed by atoms with Gasteiger partial charge in [0, 0.05) is 5.92 Å². The number of alkyl carbamates (subject to hydrolysis) is 1. The second kappa shape index (κ2) is 4.69. The fraction of sp³-hybridized carbons (Fsp3) is 0.800. The van der Waals surface area contributed by atoms with E-state index in [1.807, 2.05) is 0 Å². The summed E-state index contributed by atoms with van der Waals surface area (Å²) in [7, 11) is 0. The molecule has 1 rings (SSSR count). The highest BCUT2D eigenvalue weighted by Gasteiger charge is 2.35. The van der Waals surface area contributed by atoms with Crippen LogP contribution in [0.5, 0.6) is 0 Å². The zero-order valence-corrected chi connectivity index (χ0v) is 9.65. The van der Waals surface area contributed by atoms with Crippen molar-refractivity contribution in [2.75, 3.05) is 13.2 Å². The van der Waals surface area contributed by atoms with Crippen molar-refractivity contribution >= 4 is 12.1 Å². The predicted octanol–water partition coefficient (Wildman–Crippen LogP) is 0.611. The van der Waals surface area contributed by atoms with Crippen molar-refractivity contribution in [2.45, 2.75) is 32.4 Å². The van der Waals surface area contributed by atoms with Gasteiger partial charge in [0.25, 0.3) is 0 Å². The molecule has 0 saturated carbocycles. The molecule has 1 heterocycles. The number of aliphatic carboxylic acids is 1. The van der Waals surface area contributed by atoms with Crippen LogP contribution in [-0.4, -0.2) is 42.0 Å². The number of carbonyl (C=O) groups is 2. The molecule has 1 unspecified atom stereocenters. The van der Waals surface area contributed by atoms with Crippen LogP contribution in [0.4, 0.5) is 4.79 Å². The molecule has 0 bridgehead atoms. The number of nitrogens with one attached hydrogen (secondary N) is 1. The quantitative estimate of drug-likeness (QED) is 0.743. The number of carboxylic acid groups (broad SMARTS) is 1. The Morgan fingerprint density at radius 1 is 1.44 bits per heavy atom. The van der Waals surface area contributed by atoms with Crippen LogP contribution in [0.1, 0.15) is 20.8 Å². The predicted molar refractivity (Wildman–Crippen MR) is 55.1 cm³/mol. The van der Waals surface area contributed by atoms with Crippen molar-refractivity contribution in [3.05, 3.63) is 0 Å². The highest BCUT2D eigenvalue weighted by molar-refractivity contribution is 5.80. The minimum Gasteiger partial charge on any atom is -0.480 e. The summed E-state index contributed by atoms with van der Waals surface area (Å²) in [6, 6.07) is -0.941. The van der Waals surface area contributed by atoms with Crippen molar-refractivity contribution in [1.82, 2.24) is 5.32 Å². The molecule has 1 atom stereocenters. The molecule has 0 radical (unpaired) electrons. The van der Waals surface area contributed by atoms with Crippen LogP contribution in [0.25, 0.3) is 0 Å². The van der Waals surface area contributed by atoms with Gasteiger partial charge in [-0.15, -0.1) is 0 Å². The lowest BCUT2D eigenvalue weighted by atomic mass is 9.98. The Balaban J connectivity index is 2.48. The van der Waals surface area contributed by atoms with E-state index in [9.17, 15) is 9.59 Å². The zero-order valence-electron chi connectivity index (χ0n) is 9.65. The van der Waals surface area contributed by atoms with Crippen LogP contribution in [-0.2, 0) is 14.3 Å². The van der Waals surface area contributed by atoms with Gasteiger partial charge in [-0.25, -0.2) is 9.59 Å². The molecule has 92 valence electrons. The molecule has 6 heteroatoms. The molecular formula is C10H17NO5. The van der Waals surface area contributed by atoms with Crippen LogP contribution in [0, 0.1) is 5.92 Å². The summed E-state index contributed by atoms with van der Waals surface area (Å²) in [6.07, 6.45) is -0.716. The summed E-state index contributed by atoms with van der Waals surface area (Å²) in [5, 5.41) is 11.3. The van der Waals surface area contributed by atoms with Crippen LogP contribution < -0.4 is 5.32 Å². The number of amides is 1. The average molecular weight is 231 g/mol. The second-order valence-electron chi connectivity index (χ2n) is 4.76. The number of carboxylic acids is 1. The molecule has 16 heavy (non-hydrogen) atoms. The largest absolute Gasteiger partial charge is 0.480 e. The Morgan fingerprint density at radius 3 is 2.31 bits per heavy atom. The van der Waals surface area contributed by atoms with Crippen LogP contribution in [0.3, 0.4) is 0 Å². The summed E-state index contributed by atoms with van der Waals surface area (Å²) in [5.74, 6) is -1.25. The molecule has 2 N–H and O–H groups in total. The number of rotatable bonds is 3. The normalized spacial score (nSPS) is 18.4. The van der Waals surface area contributed by atoms with Crippen LogP contribution in [0.15, 0.2) is 0 Å². The topological polar surface area (TPSA) is 84.9 Å². The maximum Gasteiger partial charge on any atom is 0.408 e. The summed E-state index contributed by atoms with van der Waals surface area (Å²) < 4.78 is 9.88. The highest BCUT2D eigenvalue weighted by atomic mass is 16.6. The first-order valence-corrected chi connectivity index (χ1v) is 5.09. The van der Waals surface area contributed by atoms with Crippen molar-refractivity contribution in [1.29, 1.82) is 0 Å². The molecule has 0 spiro atoms. The summed E-state index contributed by atoms with van der Waals surface area (Å²) >= 11 is 0. The lowest BCUT2D eigenvalue weighted by Gasteiger charge is -2.32. The number of hydrogen-bond acceptors (Lipinski definition) is 4. The van der Waals surface area contributed by atoms with Gasteiger partial charge in [-0.1, -0.05) is 0 Å². The molecule has 0 aromatic carbocycles. The number of ether oxygens (including phenoxy) is 2. The lowest BCUT2D eigenvalue weighted by molar-refractivity contribution is -0.147. The third-order valence-electron chi connectivity index (χ3n) is 2.07. The van der Waals surface area contributed by atoms with Gasteiger partial charge in [-0.3, -0.25) is 0 Å². The smallest absolute Gasteiger partial charge is 0.408 e. The highest BCUT2D eigenvalue weighted by Crippen LogP contribution is 2.16. The Labute approximate surface area is 93.9 Å². The van der Waals surface area contributed by atoms with E-state index < -0.39 is 23.7 Å². The maximum absolute atomic E-state index is 11.4. The molecule has 1 aliphatic rings. The fourth-order valence-electron chi connectivity index (χ4n) is 1.26. The third kappa shape index (κ3) is 3.69. The molecule has 0 aliphatic carbocycles. The Hall–Kier alpha value is -1.30. The Bertz CT molecular complexity index is 279. The third-order valence-corrected chi connectivity index (χ3v) is 2.07. The summed E-state index contributed by atoms with van der Waals surface area (Å²) in [4.78, 5) is 22.3. The second-order valence-corrected chi connectivity index (χ2v) is 4.76. The first-order valence-electron chi connectivity index (χ1n) is 5.09. The van der Waals surface area contributed by atoms with E-state index in [1.165, 1.54) is 0 Å². The van der Waals surface area contributed by atoms with Gasteiger partial charge in [0.15, 0.2) is 0 Å². The fourth-order valence-corrected chi connectivity index (χ4v) is 1.26. The number of carbonyl (C=O) groups excluding carboxylic acids is 1. The van der Waals surface area contributed by atoms with E-state index in [-0.39, 0.29) is 5.92 Å². The molecule has 0 aromatic heterocycles. The van der Waals surface area contributed by atoms with Gasteiger partial charge in [0.1, 0.15) is 11.6 Å². The zero-order chi connectivity index (χ0) is 12.3. The molecule has 6 nitrogen and oxygen atoms in total. The first kappa shape index (κ1) is 12.8. The minimum atomic E-state index is -1.07. The van der Waals surface area contributed by atoms with Gasteiger partial charge >= 0.3 is 12.1 Å². The Morgan fingerprint density at radius 2 is 2.00 bits per heavy atom. The first-order chi connectivity index (χ1) is 7.29. The van der Waals surface area contributed by atoms with Crippen LogP contribution in [0.2, 0.25) is 0 Å². The van der Waals surface area contributed by atoms with Gasteiger partial charge in [0.2, 0.25) is 0 Å². The van der Waals surface area contributed by atoms with Crippen molar-refractivity contribution in [3.8, 4) is 0 Å². The Kier molecular flexibility index (Phi) is 3.74. The summed E-state index contributed by atoms with van der Waals surface area (Å²) in [5.41, 5.74) is -0.636. The molecule has 1 fully saturated rings. The maximum atomic E-state index is 11.4.